The number of aliphatic hydroxyl groups excluding tert-OH is 1. The number of hydrogen-bond donors (Lipinski definition) is 1. The van der Waals surface area contributed by atoms with Crippen molar-refractivity contribution in [3.63, 3.8) is 0 Å². The first kappa shape index (κ1) is 10.5. The maximum absolute atomic E-state index is 11.1. The molecule has 0 aromatic rings. The summed E-state index contributed by atoms with van der Waals surface area (Å²) in [5, 5.41) is 8.51. The minimum absolute atomic E-state index is 0.0692. The number of carbonyl (C=O) groups excluding carboxylic acids is 1. The molecule has 0 saturated heterocycles. The van der Waals surface area contributed by atoms with Gasteiger partial charge in [-0.15, -0.1) is 0 Å². The zero-order valence-electron chi connectivity index (χ0n) is 8.00. The predicted molar refractivity (Wildman–Crippen MR) is 49.3 cm³/mol. The molecule has 0 radical (unpaired) electrons. The van der Waals surface area contributed by atoms with E-state index in [-0.39, 0.29) is 18.7 Å². The largest absolute Gasteiger partial charge is 0.462 e. The zero-order chi connectivity index (χ0) is 9.52. The molecule has 1 fully saturated rings. The highest BCUT2D eigenvalue weighted by Crippen LogP contribution is 2.20. The van der Waals surface area contributed by atoms with Gasteiger partial charge in [0.25, 0.3) is 0 Å². The third kappa shape index (κ3) is 4.27. The van der Waals surface area contributed by atoms with E-state index in [1.807, 2.05) is 0 Å². The summed E-state index contributed by atoms with van der Waals surface area (Å²) in [6.07, 6.45) is 6.69. The van der Waals surface area contributed by atoms with Crippen LogP contribution in [-0.4, -0.2) is 23.8 Å². The molecule has 1 rings (SSSR count). The Morgan fingerprint density at radius 3 is 2.62 bits per heavy atom. The summed E-state index contributed by atoms with van der Waals surface area (Å²) in [6, 6.07) is 0. The molecule has 3 nitrogen and oxygen atoms in total. The molecule has 0 spiro atoms. The minimum Gasteiger partial charge on any atom is -0.462 e. The number of ether oxygens (including phenoxy) is 1. The molecule has 1 aliphatic rings. The van der Waals surface area contributed by atoms with Gasteiger partial charge >= 0.3 is 5.97 Å². The summed E-state index contributed by atoms with van der Waals surface area (Å²) in [5.41, 5.74) is 0. The van der Waals surface area contributed by atoms with Gasteiger partial charge in [-0.3, -0.25) is 4.79 Å². The maximum Gasteiger partial charge on any atom is 0.306 e. The lowest BCUT2D eigenvalue weighted by atomic mass is 9.98. The third-order valence-corrected chi connectivity index (χ3v) is 2.39. The maximum atomic E-state index is 11.1. The van der Waals surface area contributed by atoms with Gasteiger partial charge in [0.2, 0.25) is 0 Å². The Labute approximate surface area is 79.1 Å². The SMILES string of the molecule is O=C(CCCO)OC1CCCCC1. The summed E-state index contributed by atoms with van der Waals surface area (Å²) in [7, 11) is 0. The van der Waals surface area contributed by atoms with E-state index >= 15 is 0 Å². The molecule has 0 bridgehead atoms. The molecule has 0 unspecified atom stereocenters. The van der Waals surface area contributed by atoms with Gasteiger partial charge in [0.1, 0.15) is 6.10 Å². The molecule has 13 heavy (non-hydrogen) atoms. The lowest BCUT2D eigenvalue weighted by Crippen LogP contribution is -2.20. The highest BCUT2D eigenvalue weighted by molar-refractivity contribution is 5.69. The molecule has 0 aromatic heterocycles. The summed E-state index contributed by atoms with van der Waals surface area (Å²) < 4.78 is 5.24. The second kappa shape index (κ2) is 5.97. The van der Waals surface area contributed by atoms with Crippen LogP contribution in [0.4, 0.5) is 0 Å². The molecule has 0 atom stereocenters. The zero-order valence-corrected chi connectivity index (χ0v) is 8.00. The summed E-state index contributed by atoms with van der Waals surface area (Å²) in [4.78, 5) is 11.1. The van der Waals surface area contributed by atoms with Crippen molar-refractivity contribution in [3.05, 3.63) is 0 Å². The van der Waals surface area contributed by atoms with Crippen molar-refractivity contribution >= 4 is 5.97 Å². The van der Waals surface area contributed by atoms with E-state index in [1.54, 1.807) is 0 Å². The molecular formula is C10H18O3. The number of aliphatic hydroxyl groups is 1. The van der Waals surface area contributed by atoms with Crippen LogP contribution in [0.15, 0.2) is 0 Å². The summed E-state index contributed by atoms with van der Waals surface area (Å²) in [5.74, 6) is -0.152. The Bertz CT molecular complexity index is 150. The molecule has 76 valence electrons. The van der Waals surface area contributed by atoms with Crippen LogP contribution in [0.1, 0.15) is 44.9 Å². The average Bonchev–Trinajstić information content (AvgIpc) is 2.16. The van der Waals surface area contributed by atoms with Gasteiger partial charge in [0, 0.05) is 13.0 Å². The molecular weight excluding hydrogens is 168 g/mol. The minimum atomic E-state index is -0.152. The highest BCUT2D eigenvalue weighted by Gasteiger charge is 2.16. The Morgan fingerprint density at radius 2 is 2.00 bits per heavy atom. The van der Waals surface area contributed by atoms with Gasteiger partial charge in [-0.25, -0.2) is 0 Å². The fourth-order valence-electron chi connectivity index (χ4n) is 1.65. The van der Waals surface area contributed by atoms with Crippen LogP contribution in [0.3, 0.4) is 0 Å². The molecule has 1 aliphatic carbocycles. The quantitative estimate of drug-likeness (QED) is 0.679. The van der Waals surface area contributed by atoms with Crippen LogP contribution in [0.5, 0.6) is 0 Å². The average molecular weight is 186 g/mol. The van der Waals surface area contributed by atoms with E-state index < -0.39 is 0 Å². The predicted octanol–water partition coefficient (Wildman–Crippen LogP) is 1.63. The van der Waals surface area contributed by atoms with E-state index in [1.165, 1.54) is 19.3 Å². The van der Waals surface area contributed by atoms with Crippen LogP contribution in [0.25, 0.3) is 0 Å². The normalized spacial score (nSPS) is 18.5. The lowest BCUT2D eigenvalue weighted by molar-refractivity contribution is -0.150. The van der Waals surface area contributed by atoms with Gasteiger partial charge in [-0.1, -0.05) is 6.42 Å². The van der Waals surface area contributed by atoms with Gasteiger partial charge in [-0.05, 0) is 32.1 Å². The first-order valence-corrected chi connectivity index (χ1v) is 5.13. The van der Waals surface area contributed by atoms with Crippen LogP contribution in [0, 0.1) is 0 Å². The van der Waals surface area contributed by atoms with Crippen LogP contribution < -0.4 is 0 Å². The first-order valence-electron chi connectivity index (χ1n) is 5.13. The smallest absolute Gasteiger partial charge is 0.306 e. The fourth-order valence-corrected chi connectivity index (χ4v) is 1.65. The Hall–Kier alpha value is -0.570. The van der Waals surface area contributed by atoms with Gasteiger partial charge in [0.15, 0.2) is 0 Å². The van der Waals surface area contributed by atoms with E-state index in [2.05, 4.69) is 0 Å². The van der Waals surface area contributed by atoms with Gasteiger partial charge in [-0.2, -0.15) is 0 Å². The van der Waals surface area contributed by atoms with E-state index in [4.69, 9.17) is 9.84 Å². The molecule has 3 heteroatoms. The molecule has 0 aromatic carbocycles. The molecule has 0 aliphatic heterocycles. The Balaban J connectivity index is 2.11. The Kier molecular flexibility index (Phi) is 4.83. The first-order chi connectivity index (χ1) is 6.33. The van der Waals surface area contributed by atoms with Crippen molar-refractivity contribution in [2.75, 3.05) is 6.61 Å². The van der Waals surface area contributed by atoms with E-state index in [0.29, 0.717) is 12.8 Å². The number of carbonyl (C=O) groups is 1. The summed E-state index contributed by atoms with van der Waals surface area (Å²) >= 11 is 0. The summed E-state index contributed by atoms with van der Waals surface area (Å²) in [6.45, 7) is 0.0692. The molecule has 0 amide bonds. The second-order valence-electron chi connectivity index (χ2n) is 3.58. The number of esters is 1. The molecule has 0 heterocycles. The number of hydrogen-bond acceptors (Lipinski definition) is 3. The monoisotopic (exact) mass is 186 g/mol. The fraction of sp³-hybridized carbons (Fsp3) is 0.900. The topological polar surface area (TPSA) is 46.5 Å². The van der Waals surface area contributed by atoms with Crippen LogP contribution in [-0.2, 0) is 9.53 Å². The molecule has 1 saturated carbocycles. The van der Waals surface area contributed by atoms with Crippen molar-refractivity contribution in [2.24, 2.45) is 0 Å². The van der Waals surface area contributed by atoms with Gasteiger partial charge in [0.05, 0.1) is 0 Å². The molecule has 1 N–H and O–H groups in total. The van der Waals surface area contributed by atoms with Crippen molar-refractivity contribution in [1.29, 1.82) is 0 Å². The van der Waals surface area contributed by atoms with Crippen LogP contribution in [0.2, 0.25) is 0 Å². The number of rotatable bonds is 4. The van der Waals surface area contributed by atoms with Gasteiger partial charge < -0.3 is 9.84 Å². The Morgan fingerprint density at radius 1 is 1.31 bits per heavy atom. The van der Waals surface area contributed by atoms with Crippen molar-refractivity contribution in [2.45, 2.75) is 51.0 Å². The van der Waals surface area contributed by atoms with Crippen molar-refractivity contribution in [3.8, 4) is 0 Å². The van der Waals surface area contributed by atoms with E-state index in [0.717, 1.165) is 12.8 Å². The standard InChI is InChI=1S/C10H18O3/c11-8-4-7-10(12)13-9-5-2-1-3-6-9/h9,11H,1-8H2. The van der Waals surface area contributed by atoms with Crippen LogP contribution >= 0.6 is 0 Å². The van der Waals surface area contributed by atoms with Crippen molar-refractivity contribution < 1.29 is 14.6 Å². The van der Waals surface area contributed by atoms with E-state index in [9.17, 15) is 4.79 Å². The lowest BCUT2D eigenvalue weighted by Gasteiger charge is -2.21. The van der Waals surface area contributed by atoms with Crippen molar-refractivity contribution in [1.82, 2.24) is 0 Å². The third-order valence-electron chi connectivity index (χ3n) is 2.39. The highest BCUT2D eigenvalue weighted by atomic mass is 16.5. The second-order valence-corrected chi connectivity index (χ2v) is 3.58.